The van der Waals surface area contributed by atoms with Crippen LogP contribution >= 0.6 is 28.1 Å². The second kappa shape index (κ2) is 5.55. The van der Waals surface area contributed by atoms with Crippen LogP contribution in [0.3, 0.4) is 0 Å². The minimum atomic E-state index is 0.222. The number of thiocarbonyl (C=S) groups is 1. The summed E-state index contributed by atoms with van der Waals surface area (Å²) in [6.07, 6.45) is 0.222. The van der Waals surface area contributed by atoms with Crippen molar-refractivity contribution in [1.82, 2.24) is 0 Å². The Balaban J connectivity index is 2.41. The smallest absolute Gasteiger partial charge is 0.106 e. The quantitative estimate of drug-likeness (QED) is 0.847. The van der Waals surface area contributed by atoms with Gasteiger partial charge in [0, 0.05) is 28.3 Å². The molecule has 1 fully saturated rings. The van der Waals surface area contributed by atoms with E-state index in [4.69, 9.17) is 22.7 Å². The van der Waals surface area contributed by atoms with E-state index in [0.717, 1.165) is 28.9 Å². The van der Waals surface area contributed by atoms with Crippen molar-refractivity contribution in [3.05, 3.63) is 28.2 Å². The lowest BCUT2D eigenvalue weighted by Gasteiger charge is -2.39. The first kappa shape index (κ1) is 13.8. The Morgan fingerprint density at radius 1 is 1.50 bits per heavy atom. The summed E-state index contributed by atoms with van der Waals surface area (Å²) in [6, 6.07) is 6.33. The molecule has 1 saturated heterocycles. The lowest BCUT2D eigenvalue weighted by atomic mass is 10.1. The Morgan fingerprint density at radius 2 is 2.22 bits per heavy atom. The van der Waals surface area contributed by atoms with Gasteiger partial charge in [-0.15, -0.1) is 0 Å². The number of halogens is 1. The Morgan fingerprint density at radius 3 is 2.89 bits per heavy atom. The summed E-state index contributed by atoms with van der Waals surface area (Å²) in [5, 5.41) is 0. The van der Waals surface area contributed by atoms with Gasteiger partial charge in [-0.1, -0.05) is 28.1 Å². The van der Waals surface area contributed by atoms with Crippen molar-refractivity contribution in [2.24, 2.45) is 5.73 Å². The van der Waals surface area contributed by atoms with Crippen molar-refractivity contribution in [3.8, 4) is 0 Å². The van der Waals surface area contributed by atoms with Crippen molar-refractivity contribution in [2.75, 3.05) is 18.1 Å². The molecule has 0 amide bonds. The molecule has 18 heavy (non-hydrogen) atoms. The Kier molecular flexibility index (Phi) is 4.25. The zero-order valence-electron chi connectivity index (χ0n) is 10.5. The first-order valence-electron chi connectivity index (χ1n) is 5.96. The number of hydrogen-bond acceptors (Lipinski definition) is 3. The predicted octanol–water partition coefficient (Wildman–Crippen LogP) is 2.70. The maximum absolute atomic E-state index is 5.81. The zero-order chi connectivity index (χ0) is 13.3. The summed E-state index contributed by atoms with van der Waals surface area (Å²) in [6.45, 7) is 5.81. The van der Waals surface area contributed by atoms with Crippen LogP contribution in [0.4, 0.5) is 5.69 Å². The predicted molar refractivity (Wildman–Crippen MR) is 82.3 cm³/mol. The van der Waals surface area contributed by atoms with E-state index in [-0.39, 0.29) is 6.10 Å². The molecule has 1 heterocycles. The highest BCUT2D eigenvalue weighted by molar-refractivity contribution is 9.10. The highest BCUT2D eigenvalue weighted by atomic mass is 79.9. The average molecular weight is 329 g/mol. The molecular formula is C13H17BrN2OS. The molecule has 98 valence electrons. The van der Waals surface area contributed by atoms with E-state index >= 15 is 0 Å². The topological polar surface area (TPSA) is 38.5 Å². The maximum atomic E-state index is 5.81. The van der Waals surface area contributed by atoms with Crippen LogP contribution in [0.25, 0.3) is 0 Å². The molecular weight excluding hydrogens is 312 g/mol. The minimum Gasteiger partial charge on any atom is -0.389 e. The van der Waals surface area contributed by atoms with Gasteiger partial charge < -0.3 is 15.4 Å². The van der Waals surface area contributed by atoms with Crippen LogP contribution < -0.4 is 10.6 Å². The van der Waals surface area contributed by atoms with Gasteiger partial charge >= 0.3 is 0 Å². The molecule has 2 unspecified atom stereocenters. The normalized spacial score (nSPS) is 24.1. The summed E-state index contributed by atoms with van der Waals surface area (Å²) in [5.41, 5.74) is 7.82. The highest BCUT2D eigenvalue weighted by Gasteiger charge is 2.25. The van der Waals surface area contributed by atoms with E-state index in [2.05, 4.69) is 40.7 Å². The second-order valence-corrected chi connectivity index (χ2v) is 6.03. The van der Waals surface area contributed by atoms with E-state index < -0.39 is 0 Å². The molecule has 1 aromatic carbocycles. The van der Waals surface area contributed by atoms with E-state index in [1.165, 1.54) is 0 Å². The van der Waals surface area contributed by atoms with Crippen molar-refractivity contribution in [2.45, 2.75) is 26.0 Å². The molecule has 3 nitrogen and oxygen atoms in total. The third-order valence-electron chi connectivity index (χ3n) is 3.14. The molecule has 0 radical (unpaired) electrons. The van der Waals surface area contributed by atoms with Gasteiger partial charge in [-0.25, -0.2) is 0 Å². The van der Waals surface area contributed by atoms with Crippen molar-refractivity contribution < 1.29 is 4.74 Å². The lowest BCUT2D eigenvalue weighted by Crippen LogP contribution is -2.48. The highest BCUT2D eigenvalue weighted by Crippen LogP contribution is 2.29. The summed E-state index contributed by atoms with van der Waals surface area (Å²) < 4.78 is 6.69. The Bertz CT molecular complexity index is 466. The van der Waals surface area contributed by atoms with Crippen LogP contribution in [0.2, 0.25) is 0 Å². The maximum Gasteiger partial charge on any atom is 0.106 e. The molecule has 5 heteroatoms. The molecule has 0 bridgehead atoms. The third-order valence-corrected chi connectivity index (χ3v) is 3.86. The molecule has 1 aliphatic rings. The van der Waals surface area contributed by atoms with Crippen molar-refractivity contribution >= 4 is 38.8 Å². The fraction of sp³-hybridized carbons (Fsp3) is 0.462. The van der Waals surface area contributed by atoms with Gasteiger partial charge in [0.25, 0.3) is 0 Å². The van der Waals surface area contributed by atoms with Gasteiger partial charge in [0.15, 0.2) is 0 Å². The standard InChI is InChI=1S/C13H17BrN2OS/c1-8-7-17-9(2)6-16(8)12-5-10(14)3-4-11(12)13(15)18/h3-5,8-9H,6-7H2,1-2H3,(H2,15,18). The first-order chi connectivity index (χ1) is 8.49. The number of nitrogens with zero attached hydrogens (tertiary/aromatic N) is 1. The Labute approximate surface area is 121 Å². The van der Waals surface area contributed by atoms with Gasteiger partial charge in [-0.05, 0) is 32.0 Å². The summed E-state index contributed by atoms with van der Waals surface area (Å²) >= 11 is 8.64. The van der Waals surface area contributed by atoms with Gasteiger partial charge in [0.1, 0.15) is 4.99 Å². The molecule has 2 N–H and O–H groups in total. The fourth-order valence-electron chi connectivity index (χ4n) is 2.19. The number of hydrogen-bond donors (Lipinski definition) is 1. The van der Waals surface area contributed by atoms with Gasteiger partial charge in [-0.2, -0.15) is 0 Å². The number of anilines is 1. The average Bonchev–Trinajstić information content (AvgIpc) is 2.31. The van der Waals surface area contributed by atoms with Crippen molar-refractivity contribution in [1.29, 1.82) is 0 Å². The molecule has 0 aromatic heterocycles. The van der Waals surface area contributed by atoms with Crippen molar-refractivity contribution in [3.63, 3.8) is 0 Å². The molecule has 1 aliphatic heterocycles. The number of benzene rings is 1. The molecule has 2 rings (SSSR count). The SMILES string of the molecule is CC1CN(c2cc(Br)ccc2C(N)=S)C(C)CO1. The lowest BCUT2D eigenvalue weighted by molar-refractivity contribution is 0.0343. The molecule has 2 atom stereocenters. The number of rotatable bonds is 2. The number of ether oxygens (including phenoxy) is 1. The van der Waals surface area contributed by atoms with Gasteiger partial charge in [0.2, 0.25) is 0 Å². The van der Waals surface area contributed by atoms with E-state index in [1.807, 2.05) is 12.1 Å². The van der Waals surface area contributed by atoms with E-state index in [1.54, 1.807) is 0 Å². The minimum absolute atomic E-state index is 0.222. The monoisotopic (exact) mass is 328 g/mol. The number of morpholine rings is 1. The summed E-state index contributed by atoms with van der Waals surface area (Å²) in [7, 11) is 0. The van der Waals surface area contributed by atoms with E-state index in [0.29, 0.717) is 11.0 Å². The van der Waals surface area contributed by atoms with Crippen LogP contribution in [0.1, 0.15) is 19.4 Å². The van der Waals surface area contributed by atoms with Crippen LogP contribution in [-0.2, 0) is 4.74 Å². The Hall–Kier alpha value is -0.650. The number of nitrogens with two attached hydrogens (primary N) is 1. The molecule has 0 spiro atoms. The van der Waals surface area contributed by atoms with Crippen LogP contribution in [-0.4, -0.2) is 30.3 Å². The fourth-order valence-corrected chi connectivity index (χ4v) is 2.71. The molecule has 1 aromatic rings. The second-order valence-electron chi connectivity index (χ2n) is 4.67. The third kappa shape index (κ3) is 2.84. The van der Waals surface area contributed by atoms with Gasteiger partial charge in [0.05, 0.1) is 12.7 Å². The largest absolute Gasteiger partial charge is 0.389 e. The van der Waals surface area contributed by atoms with Crippen LogP contribution in [0.5, 0.6) is 0 Å². The van der Waals surface area contributed by atoms with Crippen LogP contribution in [0, 0.1) is 0 Å². The van der Waals surface area contributed by atoms with Gasteiger partial charge in [-0.3, -0.25) is 0 Å². The zero-order valence-corrected chi connectivity index (χ0v) is 12.9. The molecule has 0 saturated carbocycles. The van der Waals surface area contributed by atoms with Crippen LogP contribution in [0.15, 0.2) is 22.7 Å². The summed E-state index contributed by atoms with van der Waals surface area (Å²) in [5.74, 6) is 0. The summed E-state index contributed by atoms with van der Waals surface area (Å²) in [4.78, 5) is 2.75. The first-order valence-corrected chi connectivity index (χ1v) is 7.16. The van der Waals surface area contributed by atoms with E-state index in [9.17, 15) is 0 Å². The molecule has 0 aliphatic carbocycles.